The Balaban J connectivity index is 2.02. The maximum atomic E-state index is 9.33. The van der Waals surface area contributed by atoms with Crippen LogP contribution in [0.25, 0.3) is 0 Å². The predicted molar refractivity (Wildman–Crippen MR) is 93.7 cm³/mol. The lowest BCUT2D eigenvalue weighted by Gasteiger charge is -2.59. The summed E-state index contributed by atoms with van der Waals surface area (Å²) in [6, 6.07) is 7.47. The van der Waals surface area contributed by atoms with Crippen LogP contribution in [0.3, 0.4) is 0 Å². The molecule has 128 valence electrons. The van der Waals surface area contributed by atoms with Gasteiger partial charge in [-0.15, -0.1) is 0 Å². The molecule has 0 aromatic heterocycles. The monoisotopic (exact) mass is 319 g/mol. The van der Waals surface area contributed by atoms with Gasteiger partial charge in [-0.2, -0.15) is 0 Å². The third-order valence-electron chi connectivity index (χ3n) is 5.29. The molecule has 23 heavy (non-hydrogen) atoms. The number of methoxy groups -OCH3 is 1. The molecule has 0 saturated heterocycles. The van der Waals surface area contributed by atoms with Crippen LogP contribution in [0.5, 0.6) is 5.75 Å². The molecule has 1 saturated carbocycles. The number of phenolic OH excluding ortho intramolecular Hbond substituents is 1. The molecule has 1 fully saturated rings. The summed E-state index contributed by atoms with van der Waals surface area (Å²) >= 11 is 0. The molecule has 1 aliphatic carbocycles. The number of rotatable bonds is 5. The highest BCUT2D eigenvalue weighted by atomic mass is 16.5. The summed E-state index contributed by atoms with van der Waals surface area (Å²) in [5.74, 6) is 1.09. The van der Waals surface area contributed by atoms with E-state index >= 15 is 0 Å². The molecule has 2 atom stereocenters. The van der Waals surface area contributed by atoms with Gasteiger partial charge in [0.25, 0.3) is 0 Å². The van der Waals surface area contributed by atoms with Crippen LogP contribution < -0.4 is 10.6 Å². The fraction of sp³-hybridized carbons (Fsp3) is 0.611. The molecule has 3 N–H and O–H groups in total. The third kappa shape index (κ3) is 3.61. The van der Waals surface area contributed by atoms with Crippen molar-refractivity contribution in [3.63, 3.8) is 0 Å². The summed E-state index contributed by atoms with van der Waals surface area (Å²) in [6.07, 6.45) is 0.958. The molecule has 0 radical (unpaired) electrons. The highest BCUT2D eigenvalue weighted by Gasteiger charge is 2.58. The number of phenols is 1. The third-order valence-corrected chi connectivity index (χ3v) is 5.29. The molecular formula is C18H29N3O2. The first-order valence-corrected chi connectivity index (χ1v) is 8.20. The lowest BCUT2D eigenvalue weighted by atomic mass is 9.56. The van der Waals surface area contributed by atoms with E-state index in [-0.39, 0.29) is 16.8 Å². The summed E-state index contributed by atoms with van der Waals surface area (Å²) in [6.45, 7) is 10.1. The molecular weight excluding hydrogens is 290 g/mol. The molecule has 1 aromatic rings. The minimum absolute atomic E-state index is 0.0382. The smallest absolute Gasteiger partial charge is 0.191 e. The van der Waals surface area contributed by atoms with Crippen LogP contribution in [0.1, 0.15) is 39.7 Å². The van der Waals surface area contributed by atoms with E-state index in [1.165, 1.54) is 0 Å². The van der Waals surface area contributed by atoms with Gasteiger partial charge in [0.1, 0.15) is 5.75 Å². The van der Waals surface area contributed by atoms with Gasteiger partial charge in [-0.3, -0.25) is 0 Å². The number of aliphatic imine (C=N–C) groups is 1. The van der Waals surface area contributed by atoms with E-state index in [0.29, 0.717) is 12.6 Å². The van der Waals surface area contributed by atoms with Gasteiger partial charge in [-0.25, -0.2) is 4.99 Å². The topological polar surface area (TPSA) is 65.9 Å². The van der Waals surface area contributed by atoms with Crippen LogP contribution in [-0.2, 0) is 11.3 Å². The van der Waals surface area contributed by atoms with E-state index in [1.54, 1.807) is 19.2 Å². The van der Waals surface area contributed by atoms with Gasteiger partial charge in [-0.1, -0.05) is 26.0 Å². The second kappa shape index (κ2) is 6.79. The number of benzene rings is 1. The molecule has 5 nitrogen and oxygen atoms in total. The van der Waals surface area contributed by atoms with Gasteiger partial charge < -0.3 is 20.5 Å². The molecule has 0 bridgehead atoms. The van der Waals surface area contributed by atoms with Crippen molar-refractivity contribution in [1.29, 1.82) is 0 Å². The molecule has 2 rings (SSSR count). The van der Waals surface area contributed by atoms with E-state index in [1.807, 2.05) is 12.1 Å². The Kier molecular flexibility index (Phi) is 5.19. The molecule has 2 unspecified atom stereocenters. The first-order valence-electron chi connectivity index (χ1n) is 8.20. The quantitative estimate of drug-likeness (QED) is 0.577. The van der Waals surface area contributed by atoms with Crippen LogP contribution in [-0.4, -0.2) is 36.4 Å². The zero-order valence-electron chi connectivity index (χ0n) is 14.8. The number of nitrogens with one attached hydrogen (secondary N) is 2. The van der Waals surface area contributed by atoms with Crippen LogP contribution in [0.4, 0.5) is 0 Å². The van der Waals surface area contributed by atoms with Crippen molar-refractivity contribution in [2.45, 2.75) is 52.3 Å². The first kappa shape index (κ1) is 17.6. The van der Waals surface area contributed by atoms with Gasteiger partial charge in [0.05, 0.1) is 12.1 Å². The normalized spacial score (nSPS) is 26.5. The highest BCUT2D eigenvalue weighted by Crippen LogP contribution is 2.51. The fourth-order valence-corrected chi connectivity index (χ4v) is 2.98. The molecule has 1 aliphatic rings. The average Bonchev–Trinajstić information content (AvgIpc) is 2.53. The number of ether oxygens (including phenoxy) is 1. The van der Waals surface area contributed by atoms with E-state index in [9.17, 15) is 5.11 Å². The summed E-state index contributed by atoms with van der Waals surface area (Å²) in [4.78, 5) is 4.65. The summed E-state index contributed by atoms with van der Waals surface area (Å²) in [5, 5.41) is 16.2. The highest BCUT2D eigenvalue weighted by molar-refractivity contribution is 5.80. The van der Waals surface area contributed by atoms with E-state index in [4.69, 9.17) is 4.74 Å². The SMILES string of the molecule is CCNC(=NCc1ccc(O)cc1)NC1CC(C)(OC)C1(C)C. The maximum absolute atomic E-state index is 9.33. The van der Waals surface area contributed by atoms with Gasteiger partial charge in [0.2, 0.25) is 0 Å². The minimum atomic E-state index is -0.0983. The second-order valence-electron chi connectivity index (χ2n) is 6.92. The predicted octanol–water partition coefficient (Wildman–Crippen LogP) is 2.65. The van der Waals surface area contributed by atoms with Gasteiger partial charge in [0, 0.05) is 25.1 Å². The van der Waals surface area contributed by atoms with Crippen LogP contribution in [0.15, 0.2) is 29.3 Å². The maximum Gasteiger partial charge on any atom is 0.191 e. The number of aromatic hydroxyl groups is 1. The number of hydrogen-bond donors (Lipinski definition) is 3. The van der Waals surface area contributed by atoms with Crippen molar-refractivity contribution in [1.82, 2.24) is 10.6 Å². The lowest BCUT2D eigenvalue weighted by molar-refractivity contribution is -0.176. The number of hydrogen-bond acceptors (Lipinski definition) is 3. The zero-order valence-corrected chi connectivity index (χ0v) is 14.8. The van der Waals surface area contributed by atoms with Crippen molar-refractivity contribution in [3.8, 4) is 5.75 Å². The molecule has 0 aliphatic heterocycles. The van der Waals surface area contributed by atoms with Crippen LogP contribution in [0.2, 0.25) is 0 Å². The number of nitrogens with zero attached hydrogens (tertiary/aromatic N) is 1. The van der Waals surface area contributed by atoms with Crippen molar-refractivity contribution in [3.05, 3.63) is 29.8 Å². The average molecular weight is 319 g/mol. The van der Waals surface area contributed by atoms with E-state index < -0.39 is 0 Å². The Labute approximate surface area is 139 Å². The fourth-order valence-electron chi connectivity index (χ4n) is 2.98. The lowest BCUT2D eigenvalue weighted by Crippen LogP contribution is -2.69. The van der Waals surface area contributed by atoms with Crippen molar-refractivity contribution >= 4 is 5.96 Å². The Morgan fingerprint density at radius 2 is 1.96 bits per heavy atom. The summed E-state index contributed by atoms with van der Waals surface area (Å²) in [5.41, 5.74) is 1.00. The van der Waals surface area contributed by atoms with E-state index in [0.717, 1.165) is 24.5 Å². The van der Waals surface area contributed by atoms with Crippen LogP contribution in [0, 0.1) is 5.41 Å². The van der Waals surface area contributed by atoms with Crippen molar-refractivity contribution in [2.24, 2.45) is 10.4 Å². The Morgan fingerprint density at radius 1 is 1.30 bits per heavy atom. The van der Waals surface area contributed by atoms with Gasteiger partial charge >= 0.3 is 0 Å². The molecule has 0 spiro atoms. The van der Waals surface area contributed by atoms with Gasteiger partial charge in [-0.05, 0) is 38.0 Å². The van der Waals surface area contributed by atoms with Gasteiger partial charge in [0.15, 0.2) is 5.96 Å². The van der Waals surface area contributed by atoms with Crippen LogP contribution >= 0.6 is 0 Å². The largest absolute Gasteiger partial charge is 0.508 e. The minimum Gasteiger partial charge on any atom is -0.508 e. The molecule has 1 aromatic carbocycles. The first-order chi connectivity index (χ1) is 10.8. The molecule has 5 heteroatoms. The zero-order chi connectivity index (χ0) is 17.1. The second-order valence-corrected chi connectivity index (χ2v) is 6.92. The van der Waals surface area contributed by atoms with Crippen molar-refractivity contribution in [2.75, 3.05) is 13.7 Å². The standard InChI is InChI=1S/C18H29N3O2/c1-6-19-16(20-12-13-7-9-14(22)10-8-13)21-15-11-18(4,23-5)17(15,2)3/h7-10,15,22H,6,11-12H2,1-5H3,(H2,19,20,21). The van der Waals surface area contributed by atoms with E-state index in [2.05, 4.69) is 43.3 Å². The summed E-state index contributed by atoms with van der Waals surface area (Å²) in [7, 11) is 1.78. The molecule has 0 amide bonds. The Hall–Kier alpha value is -1.75. The summed E-state index contributed by atoms with van der Waals surface area (Å²) < 4.78 is 5.68. The number of guanidine groups is 1. The Morgan fingerprint density at radius 3 is 2.48 bits per heavy atom. The van der Waals surface area contributed by atoms with Crippen molar-refractivity contribution < 1.29 is 9.84 Å². The Bertz CT molecular complexity index is 554. The molecule has 0 heterocycles.